The van der Waals surface area contributed by atoms with Gasteiger partial charge in [-0.1, -0.05) is 19.3 Å². The summed E-state index contributed by atoms with van der Waals surface area (Å²) in [5.41, 5.74) is 5.12. The fraction of sp³-hybridized carbons (Fsp3) is 0.923. The van der Waals surface area contributed by atoms with Crippen molar-refractivity contribution in [2.24, 2.45) is 11.7 Å². The highest BCUT2D eigenvalue weighted by molar-refractivity contribution is 5.78. The van der Waals surface area contributed by atoms with Gasteiger partial charge in [0.15, 0.2) is 0 Å². The number of hydrogen-bond acceptors (Lipinski definition) is 3. The molecule has 17 heavy (non-hydrogen) atoms. The highest BCUT2D eigenvalue weighted by Gasteiger charge is 2.33. The normalized spacial score (nSPS) is 29.4. The SMILES string of the molecule is NC(=O)[C@H](O)CN1CCCC1C1CCCCC1. The van der Waals surface area contributed by atoms with Gasteiger partial charge in [-0.2, -0.15) is 0 Å². The second kappa shape index (κ2) is 5.83. The summed E-state index contributed by atoms with van der Waals surface area (Å²) in [5.74, 6) is 0.172. The molecule has 1 saturated carbocycles. The molecular formula is C13H24N2O2. The topological polar surface area (TPSA) is 66.6 Å². The molecule has 2 atom stereocenters. The van der Waals surface area contributed by atoms with Crippen LogP contribution in [0.25, 0.3) is 0 Å². The summed E-state index contributed by atoms with van der Waals surface area (Å²) in [4.78, 5) is 13.2. The van der Waals surface area contributed by atoms with Crippen LogP contribution in [-0.4, -0.2) is 41.1 Å². The van der Waals surface area contributed by atoms with Gasteiger partial charge in [0, 0.05) is 12.6 Å². The maximum Gasteiger partial charge on any atom is 0.247 e. The Morgan fingerprint density at radius 1 is 1.24 bits per heavy atom. The highest BCUT2D eigenvalue weighted by atomic mass is 16.3. The molecule has 2 rings (SSSR count). The first kappa shape index (κ1) is 12.8. The molecule has 0 radical (unpaired) electrons. The summed E-state index contributed by atoms with van der Waals surface area (Å²) < 4.78 is 0. The number of likely N-dealkylation sites (tertiary alicyclic amines) is 1. The van der Waals surface area contributed by atoms with E-state index in [1.807, 2.05) is 0 Å². The lowest BCUT2D eigenvalue weighted by Crippen LogP contribution is -2.44. The van der Waals surface area contributed by atoms with Gasteiger partial charge in [0.2, 0.25) is 5.91 Å². The number of carbonyl (C=O) groups excluding carboxylic acids is 1. The van der Waals surface area contributed by atoms with Gasteiger partial charge in [0.1, 0.15) is 6.10 Å². The summed E-state index contributed by atoms with van der Waals surface area (Å²) in [6, 6.07) is 0.573. The number of nitrogens with two attached hydrogens (primary N) is 1. The van der Waals surface area contributed by atoms with Crippen molar-refractivity contribution in [3.63, 3.8) is 0 Å². The van der Waals surface area contributed by atoms with Crippen LogP contribution in [0.4, 0.5) is 0 Å². The zero-order valence-corrected chi connectivity index (χ0v) is 10.5. The Labute approximate surface area is 103 Å². The Morgan fingerprint density at radius 3 is 2.59 bits per heavy atom. The van der Waals surface area contributed by atoms with E-state index in [0.29, 0.717) is 12.6 Å². The zero-order chi connectivity index (χ0) is 12.3. The minimum absolute atomic E-state index is 0.427. The predicted molar refractivity (Wildman–Crippen MR) is 66.4 cm³/mol. The van der Waals surface area contributed by atoms with Crippen LogP contribution in [0.5, 0.6) is 0 Å². The van der Waals surface area contributed by atoms with Crippen LogP contribution >= 0.6 is 0 Å². The Balaban J connectivity index is 1.89. The number of primary amides is 1. The van der Waals surface area contributed by atoms with E-state index < -0.39 is 12.0 Å². The third-order valence-electron chi connectivity index (χ3n) is 4.34. The molecule has 0 spiro atoms. The summed E-state index contributed by atoms with van der Waals surface area (Å²) in [6.07, 6.45) is 8.08. The first-order valence-corrected chi connectivity index (χ1v) is 6.90. The summed E-state index contributed by atoms with van der Waals surface area (Å²) in [6.45, 7) is 1.43. The highest BCUT2D eigenvalue weighted by Crippen LogP contribution is 2.34. The maximum atomic E-state index is 10.9. The number of aliphatic hydroxyl groups is 1. The number of carbonyl (C=O) groups is 1. The minimum Gasteiger partial charge on any atom is -0.382 e. The standard InChI is InChI=1S/C13H24N2O2/c14-13(17)12(16)9-15-8-4-7-11(15)10-5-2-1-3-6-10/h10-12,16H,1-9H2,(H2,14,17)/t11?,12-/m1/s1. The van der Waals surface area contributed by atoms with Crippen molar-refractivity contribution in [2.45, 2.75) is 57.1 Å². The lowest BCUT2D eigenvalue weighted by Gasteiger charge is -2.34. The predicted octanol–water partition coefficient (Wildman–Crippen LogP) is 0.877. The van der Waals surface area contributed by atoms with Crippen LogP contribution in [0.2, 0.25) is 0 Å². The van der Waals surface area contributed by atoms with E-state index in [0.717, 1.165) is 12.5 Å². The Kier molecular flexibility index (Phi) is 4.40. The molecule has 1 aliphatic heterocycles. The molecule has 4 heteroatoms. The minimum atomic E-state index is -1.00. The molecule has 4 nitrogen and oxygen atoms in total. The van der Waals surface area contributed by atoms with Gasteiger partial charge in [-0.25, -0.2) is 0 Å². The quantitative estimate of drug-likeness (QED) is 0.766. The van der Waals surface area contributed by atoms with Gasteiger partial charge in [-0.05, 0) is 38.1 Å². The van der Waals surface area contributed by atoms with Gasteiger partial charge < -0.3 is 10.8 Å². The van der Waals surface area contributed by atoms with Gasteiger partial charge in [0.05, 0.1) is 0 Å². The molecule has 1 amide bonds. The van der Waals surface area contributed by atoms with E-state index in [2.05, 4.69) is 4.90 Å². The summed E-state index contributed by atoms with van der Waals surface area (Å²) >= 11 is 0. The van der Waals surface area contributed by atoms with Crippen LogP contribution in [0.1, 0.15) is 44.9 Å². The van der Waals surface area contributed by atoms with E-state index in [9.17, 15) is 9.90 Å². The Bertz CT molecular complexity index is 264. The molecule has 0 aromatic heterocycles. The smallest absolute Gasteiger partial charge is 0.247 e. The van der Waals surface area contributed by atoms with Crippen LogP contribution in [0.15, 0.2) is 0 Å². The molecule has 1 heterocycles. The fourth-order valence-corrected chi connectivity index (χ4v) is 3.44. The van der Waals surface area contributed by atoms with Crippen LogP contribution in [-0.2, 0) is 4.79 Å². The van der Waals surface area contributed by atoms with E-state index in [1.54, 1.807) is 0 Å². The van der Waals surface area contributed by atoms with E-state index in [1.165, 1.54) is 44.9 Å². The third-order valence-corrected chi connectivity index (χ3v) is 4.34. The number of β-amino-alcohol motifs (C(OH)–C–C–N with tert-alkyl or cyclic N) is 1. The first-order valence-electron chi connectivity index (χ1n) is 6.90. The number of rotatable bonds is 4. The fourth-order valence-electron chi connectivity index (χ4n) is 3.44. The third kappa shape index (κ3) is 3.19. The van der Waals surface area contributed by atoms with E-state index in [4.69, 9.17) is 5.73 Å². The molecule has 2 fully saturated rings. The van der Waals surface area contributed by atoms with Gasteiger partial charge in [-0.15, -0.1) is 0 Å². The average Bonchev–Trinajstić information content (AvgIpc) is 2.78. The summed E-state index contributed by atoms with van der Waals surface area (Å²) in [5, 5.41) is 9.59. The van der Waals surface area contributed by atoms with Crippen LogP contribution in [0.3, 0.4) is 0 Å². The molecule has 0 aromatic rings. The average molecular weight is 240 g/mol. The molecule has 1 saturated heterocycles. The van der Waals surface area contributed by atoms with Crippen molar-refractivity contribution in [3.05, 3.63) is 0 Å². The second-order valence-electron chi connectivity index (χ2n) is 5.52. The van der Waals surface area contributed by atoms with E-state index in [-0.39, 0.29) is 0 Å². The zero-order valence-electron chi connectivity index (χ0n) is 10.5. The van der Waals surface area contributed by atoms with Crippen molar-refractivity contribution >= 4 is 5.91 Å². The molecule has 0 aromatic carbocycles. The second-order valence-corrected chi connectivity index (χ2v) is 5.52. The Morgan fingerprint density at radius 2 is 1.94 bits per heavy atom. The van der Waals surface area contributed by atoms with Crippen molar-refractivity contribution in [1.82, 2.24) is 4.90 Å². The molecule has 1 aliphatic carbocycles. The van der Waals surface area contributed by atoms with Gasteiger partial charge in [0.25, 0.3) is 0 Å². The maximum absolute atomic E-state index is 10.9. The van der Waals surface area contributed by atoms with Crippen molar-refractivity contribution in [3.8, 4) is 0 Å². The number of aliphatic hydroxyl groups excluding tert-OH is 1. The molecular weight excluding hydrogens is 216 g/mol. The number of hydrogen-bond donors (Lipinski definition) is 2. The van der Waals surface area contributed by atoms with Crippen LogP contribution in [0, 0.1) is 5.92 Å². The molecule has 98 valence electrons. The molecule has 2 aliphatic rings. The first-order chi connectivity index (χ1) is 8.18. The van der Waals surface area contributed by atoms with Crippen LogP contribution < -0.4 is 5.73 Å². The number of nitrogens with zero attached hydrogens (tertiary/aromatic N) is 1. The summed E-state index contributed by atoms with van der Waals surface area (Å²) in [7, 11) is 0. The van der Waals surface area contributed by atoms with Crippen molar-refractivity contribution in [2.75, 3.05) is 13.1 Å². The molecule has 1 unspecified atom stereocenters. The largest absolute Gasteiger partial charge is 0.382 e. The number of amides is 1. The monoisotopic (exact) mass is 240 g/mol. The lowest BCUT2D eigenvalue weighted by atomic mass is 9.83. The lowest BCUT2D eigenvalue weighted by molar-refractivity contribution is -0.127. The van der Waals surface area contributed by atoms with Crippen molar-refractivity contribution in [1.29, 1.82) is 0 Å². The van der Waals surface area contributed by atoms with Crippen molar-refractivity contribution < 1.29 is 9.90 Å². The van der Waals surface area contributed by atoms with Gasteiger partial charge >= 0.3 is 0 Å². The van der Waals surface area contributed by atoms with E-state index >= 15 is 0 Å². The Hall–Kier alpha value is -0.610. The molecule has 3 N–H and O–H groups in total. The van der Waals surface area contributed by atoms with Gasteiger partial charge in [-0.3, -0.25) is 9.69 Å². The molecule has 0 bridgehead atoms.